The Labute approximate surface area is 146 Å². The molecule has 134 valence electrons. The number of amides is 1. The van der Waals surface area contributed by atoms with Crippen molar-refractivity contribution in [3.05, 3.63) is 30.6 Å². The maximum Gasteiger partial charge on any atom is 0.227 e. The molecule has 0 aliphatic carbocycles. The van der Waals surface area contributed by atoms with Gasteiger partial charge in [0.2, 0.25) is 15.9 Å². The topological polar surface area (TPSA) is 110 Å². The average Bonchev–Trinajstić information content (AvgIpc) is 3.17. The molecule has 1 aromatic carbocycles. The number of tetrazole rings is 1. The summed E-state index contributed by atoms with van der Waals surface area (Å²) in [5.74, 6) is -0.198. The van der Waals surface area contributed by atoms with Crippen LogP contribution in [0.15, 0.2) is 30.6 Å². The number of aromatic nitrogens is 4. The molecule has 1 aliphatic heterocycles. The Morgan fingerprint density at radius 1 is 1.32 bits per heavy atom. The van der Waals surface area contributed by atoms with Crippen molar-refractivity contribution < 1.29 is 13.2 Å². The number of nitrogens with one attached hydrogen (secondary N) is 1. The van der Waals surface area contributed by atoms with E-state index in [0.717, 1.165) is 5.69 Å². The van der Waals surface area contributed by atoms with Gasteiger partial charge >= 0.3 is 0 Å². The third-order valence-corrected chi connectivity index (χ3v) is 6.19. The molecule has 0 spiro atoms. The molecule has 0 radical (unpaired) electrons. The van der Waals surface area contributed by atoms with Gasteiger partial charge in [-0.1, -0.05) is 6.07 Å². The molecule has 1 saturated heterocycles. The number of rotatable bonds is 5. The second-order valence-electron chi connectivity index (χ2n) is 5.87. The van der Waals surface area contributed by atoms with Crippen LogP contribution in [0.2, 0.25) is 0 Å². The van der Waals surface area contributed by atoms with Gasteiger partial charge in [-0.25, -0.2) is 17.4 Å². The van der Waals surface area contributed by atoms with Crippen molar-refractivity contribution in [1.82, 2.24) is 24.5 Å². The van der Waals surface area contributed by atoms with Crippen molar-refractivity contribution in [1.29, 1.82) is 0 Å². The summed E-state index contributed by atoms with van der Waals surface area (Å²) < 4.78 is 26.7. The average molecular weight is 364 g/mol. The fourth-order valence-electron chi connectivity index (χ4n) is 2.83. The van der Waals surface area contributed by atoms with E-state index in [-0.39, 0.29) is 17.6 Å². The quantitative estimate of drug-likeness (QED) is 0.835. The number of piperidine rings is 1. The third-order valence-electron chi connectivity index (χ3n) is 4.31. The highest BCUT2D eigenvalue weighted by Gasteiger charge is 2.30. The summed E-state index contributed by atoms with van der Waals surface area (Å²) in [6, 6.07) is 7.22. The van der Waals surface area contributed by atoms with Gasteiger partial charge in [-0.15, -0.1) is 5.10 Å². The molecule has 0 saturated carbocycles. The first-order chi connectivity index (χ1) is 12.0. The summed E-state index contributed by atoms with van der Waals surface area (Å²) in [6.07, 6.45) is 2.53. The minimum atomic E-state index is -3.18. The molecule has 0 unspecified atom stereocenters. The molecule has 10 heteroatoms. The highest BCUT2D eigenvalue weighted by molar-refractivity contribution is 7.89. The highest BCUT2D eigenvalue weighted by atomic mass is 32.2. The molecular weight excluding hydrogens is 344 g/mol. The lowest BCUT2D eigenvalue weighted by Gasteiger charge is -2.30. The summed E-state index contributed by atoms with van der Waals surface area (Å²) in [7, 11) is -3.18. The van der Waals surface area contributed by atoms with Gasteiger partial charge in [-0.05, 0) is 48.4 Å². The van der Waals surface area contributed by atoms with Crippen LogP contribution in [-0.2, 0) is 14.8 Å². The van der Waals surface area contributed by atoms with Crippen LogP contribution in [0.1, 0.15) is 19.8 Å². The van der Waals surface area contributed by atoms with Gasteiger partial charge in [0.15, 0.2) is 0 Å². The molecule has 1 aliphatic rings. The zero-order valence-electron chi connectivity index (χ0n) is 13.9. The largest absolute Gasteiger partial charge is 0.326 e. The SMILES string of the molecule is CCS(=O)(=O)N1CCC(C(=O)Nc2cccc(-n3cnnn3)c2)CC1. The zero-order valence-corrected chi connectivity index (χ0v) is 14.7. The minimum absolute atomic E-state index is 0.0911. The van der Waals surface area contributed by atoms with Gasteiger partial charge in [0.1, 0.15) is 6.33 Å². The molecular formula is C15H20N6O3S. The van der Waals surface area contributed by atoms with E-state index in [0.29, 0.717) is 31.6 Å². The first-order valence-corrected chi connectivity index (χ1v) is 9.72. The first kappa shape index (κ1) is 17.5. The number of carbonyl (C=O) groups excluding carboxylic acids is 1. The van der Waals surface area contributed by atoms with E-state index < -0.39 is 10.0 Å². The minimum Gasteiger partial charge on any atom is -0.326 e. The maximum atomic E-state index is 12.5. The molecule has 2 aromatic rings. The van der Waals surface area contributed by atoms with Crippen LogP contribution >= 0.6 is 0 Å². The van der Waals surface area contributed by atoms with E-state index >= 15 is 0 Å². The Morgan fingerprint density at radius 2 is 2.08 bits per heavy atom. The van der Waals surface area contributed by atoms with E-state index in [4.69, 9.17) is 0 Å². The number of hydrogen-bond donors (Lipinski definition) is 1. The van der Waals surface area contributed by atoms with Gasteiger partial charge in [0.25, 0.3) is 0 Å². The Hall–Kier alpha value is -2.33. The molecule has 1 fully saturated rings. The van der Waals surface area contributed by atoms with E-state index in [1.165, 1.54) is 15.3 Å². The number of benzene rings is 1. The van der Waals surface area contributed by atoms with Crippen molar-refractivity contribution in [3.8, 4) is 5.69 Å². The molecule has 9 nitrogen and oxygen atoms in total. The fraction of sp³-hybridized carbons (Fsp3) is 0.467. The molecule has 0 bridgehead atoms. The van der Waals surface area contributed by atoms with Gasteiger partial charge in [0.05, 0.1) is 11.4 Å². The Bertz CT molecular complexity index is 829. The fourth-order valence-corrected chi connectivity index (χ4v) is 3.96. The lowest BCUT2D eigenvalue weighted by molar-refractivity contribution is -0.120. The van der Waals surface area contributed by atoms with Gasteiger partial charge < -0.3 is 5.32 Å². The van der Waals surface area contributed by atoms with Gasteiger partial charge in [0, 0.05) is 24.7 Å². The van der Waals surface area contributed by atoms with Crippen LogP contribution in [-0.4, -0.2) is 57.7 Å². The second kappa shape index (κ2) is 7.28. The Morgan fingerprint density at radius 3 is 2.72 bits per heavy atom. The molecule has 3 rings (SSSR count). The van der Waals surface area contributed by atoms with Crippen molar-refractivity contribution in [2.24, 2.45) is 5.92 Å². The maximum absolute atomic E-state index is 12.5. The molecule has 2 heterocycles. The summed E-state index contributed by atoms with van der Waals surface area (Å²) >= 11 is 0. The van der Waals surface area contributed by atoms with E-state index in [1.54, 1.807) is 19.1 Å². The second-order valence-corrected chi connectivity index (χ2v) is 8.13. The lowest BCUT2D eigenvalue weighted by Crippen LogP contribution is -2.42. The Balaban J connectivity index is 1.61. The predicted octanol–water partition coefficient (Wildman–Crippen LogP) is 0.662. The number of nitrogens with zero attached hydrogens (tertiary/aromatic N) is 5. The van der Waals surface area contributed by atoms with Crippen molar-refractivity contribution >= 4 is 21.6 Å². The normalized spacial score (nSPS) is 16.7. The zero-order chi connectivity index (χ0) is 17.9. The van der Waals surface area contributed by atoms with Crippen LogP contribution in [0, 0.1) is 5.92 Å². The first-order valence-electron chi connectivity index (χ1n) is 8.11. The Kier molecular flexibility index (Phi) is 5.09. The van der Waals surface area contributed by atoms with Crippen LogP contribution in [0.3, 0.4) is 0 Å². The van der Waals surface area contributed by atoms with Crippen LogP contribution < -0.4 is 5.32 Å². The van der Waals surface area contributed by atoms with E-state index in [9.17, 15) is 13.2 Å². The van der Waals surface area contributed by atoms with Crippen LogP contribution in [0.25, 0.3) is 5.69 Å². The van der Waals surface area contributed by atoms with Crippen molar-refractivity contribution in [3.63, 3.8) is 0 Å². The standard InChI is InChI=1S/C15H20N6O3S/c1-2-25(23,24)20-8-6-12(7-9-20)15(22)17-13-4-3-5-14(10-13)21-11-16-18-19-21/h3-5,10-12H,2,6-9H2,1H3,(H,17,22). The van der Waals surface area contributed by atoms with Gasteiger partial charge in [-0.2, -0.15) is 0 Å². The molecule has 1 aromatic heterocycles. The summed E-state index contributed by atoms with van der Waals surface area (Å²) in [5, 5.41) is 13.9. The summed E-state index contributed by atoms with van der Waals surface area (Å²) in [4.78, 5) is 12.5. The summed E-state index contributed by atoms with van der Waals surface area (Å²) in [5.41, 5.74) is 1.40. The number of anilines is 1. The van der Waals surface area contributed by atoms with Crippen LogP contribution in [0.4, 0.5) is 5.69 Å². The molecule has 1 N–H and O–H groups in total. The van der Waals surface area contributed by atoms with Crippen molar-refractivity contribution in [2.45, 2.75) is 19.8 Å². The van der Waals surface area contributed by atoms with Gasteiger partial charge in [-0.3, -0.25) is 4.79 Å². The van der Waals surface area contributed by atoms with E-state index in [1.807, 2.05) is 12.1 Å². The number of hydrogen-bond acceptors (Lipinski definition) is 6. The molecule has 25 heavy (non-hydrogen) atoms. The smallest absolute Gasteiger partial charge is 0.227 e. The van der Waals surface area contributed by atoms with Crippen molar-refractivity contribution in [2.75, 3.05) is 24.2 Å². The predicted molar refractivity (Wildman–Crippen MR) is 91.5 cm³/mol. The number of sulfonamides is 1. The number of carbonyl (C=O) groups is 1. The monoisotopic (exact) mass is 364 g/mol. The highest BCUT2D eigenvalue weighted by Crippen LogP contribution is 2.22. The lowest BCUT2D eigenvalue weighted by atomic mass is 9.97. The third kappa shape index (κ3) is 4.02. The molecule has 1 amide bonds. The molecule has 0 atom stereocenters. The van der Waals surface area contributed by atoms with Crippen LogP contribution in [0.5, 0.6) is 0 Å². The summed E-state index contributed by atoms with van der Waals surface area (Å²) in [6.45, 7) is 2.41. The van der Waals surface area contributed by atoms with E-state index in [2.05, 4.69) is 20.8 Å².